The van der Waals surface area contributed by atoms with Crippen LogP contribution in [0.1, 0.15) is 93.4 Å². The molecule has 4 rings (SSSR count). The van der Waals surface area contributed by atoms with E-state index in [1.54, 1.807) is 46.7 Å². The summed E-state index contributed by atoms with van der Waals surface area (Å²) in [4.78, 5) is 29.4. The molecule has 4 heterocycles. The zero-order valence-electron chi connectivity index (χ0n) is 36.6. The minimum absolute atomic E-state index is 0.000826. The van der Waals surface area contributed by atoms with E-state index in [1.165, 1.54) is 6.92 Å². The van der Waals surface area contributed by atoms with E-state index in [1.807, 2.05) is 38.4 Å². The van der Waals surface area contributed by atoms with Gasteiger partial charge in [0.1, 0.15) is 30.7 Å². The van der Waals surface area contributed by atoms with Crippen LogP contribution in [0.2, 0.25) is 0 Å². The molecule has 0 aromatic rings. The van der Waals surface area contributed by atoms with Gasteiger partial charge in [0, 0.05) is 31.2 Å². The van der Waals surface area contributed by atoms with Crippen molar-refractivity contribution in [3.05, 3.63) is 24.3 Å². The van der Waals surface area contributed by atoms with E-state index >= 15 is 0 Å². The molecule has 3 fully saturated rings. The Morgan fingerprint density at radius 3 is 2.17 bits per heavy atom. The number of hydrogen-bond donors (Lipinski definition) is 4. The highest BCUT2D eigenvalue weighted by atomic mass is 16.7. The fraction of sp³-hybridized carbons (Fsp3) is 0.860. The molecule has 19 atom stereocenters. The number of esters is 1. The number of likely N-dealkylation sites (N-methyl/N-ethyl adjacent to an activating group) is 2. The van der Waals surface area contributed by atoms with Gasteiger partial charge in [0.05, 0.1) is 54.7 Å². The number of aliphatic hydroxyl groups excluding tert-OH is 3. The lowest BCUT2D eigenvalue weighted by atomic mass is 9.79. The van der Waals surface area contributed by atoms with Crippen molar-refractivity contribution in [1.82, 2.24) is 9.80 Å². The third-order valence-corrected chi connectivity index (χ3v) is 12.5. The first-order chi connectivity index (χ1) is 27.2. The molecule has 0 spiro atoms. The molecule has 0 amide bonds. The summed E-state index contributed by atoms with van der Waals surface area (Å²) in [6.07, 6.45) is 0.851. The number of aldehydes is 1. The molecule has 334 valence electrons. The quantitative estimate of drug-likeness (QED) is 0.186. The maximum atomic E-state index is 13.0. The summed E-state index contributed by atoms with van der Waals surface area (Å²) in [5.74, 6) is -1.93. The minimum atomic E-state index is -1.46. The van der Waals surface area contributed by atoms with Crippen LogP contribution in [0.25, 0.3) is 0 Å². The number of carbonyl (C=O) groups is 2. The van der Waals surface area contributed by atoms with E-state index < -0.39 is 103 Å². The number of hydrogen-bond acceptors (Lipinski definition) is 15. The van der Waals surface area contributed by atoms with Gasteiger partial charge in [0.2, 0.25) is 0 Å². The van der Waals surface area contributed by atoms with Crippen LogP contribution >= 0.6 is 0 Å². The Labute approximate surface area is 345 Å². The Balaban J connectivity index is 1.63. The Bertz CT molecular complexity index is 1350. The van der Waals surface area contributed by atoms with Gasteiger partial charge >= 0.3 is 5.97 Å². The second kappa shape index (κ2) is 21.8. The predicted molar refractivity (Wildman–Crippen MR) is 215 cm³/mol. The number of rotatable bonds is 10. The lowest BCUT2D eigenvalue weighted by Gasteiger charge is -2.50. The third-order valence-electron chi connectivity index (χ3n) is 12.5. The average Bonchev–Trinajstić information content (AvgIpc) is 3.12. The molecule has 4 N–H and O–H groups in total. The van der Waals surface area contributed by atoms with E-state index in [4.69, 9.17) is 33.2 Å². The highest BCUT2D eigenvalue weighted by molar-refractivity contribution is 5.70. The van der Waals surface area contributed by atoms with Crippen molar-refractivity contribution in [3.63, 3.8) is 0 Å². The molecule has 4 aliphatic heterocycles. The van der Waals surface area contributed by atoms with Gasteiger partial charge in [-0.3, -0.25) is 4.79 Å². The zero-order chi connectivity index (χ0) is 43.1. The predicted octanol–water partition coefficient (Wildman–Crippen LogP) is 2.95. The number of aliphatic hydroxyl groups is 4. The average molecular weight is 827 g/mol. The standard InChI is InChI=1S/C43H74N2O13/c1-24-21-30(19-20-46)39(58-42-38(49)37(45(10)11)40(28(5)55-42)57-36-23-43(7,51)41(50)29(6)54-36)26(3)32(47)22-34(48)52-25(2)15-13-12-14-16-33(24)56-35-18-17-31(44(8)9)27(4)53-35/h12-14,16,20,24-33,35-42,47,49-51H,15,17-19,21-23H2,1-11H3/t24-,25-,26+,27-,28-,29+,30+,31-,32-,33?,35?,36?,37-,38-,39-,40-,41+,42?,43-/m1/s1. The molecule has 0 aliphatic carbocycles. The van der Waals surface area contributed by atoms with E-state index in [0.29, 0.717) is 12.8 Å². The van der Waals surface area contributed by atoms with Crippen molar-refractivity contribution in [1.29, 1.82) is 0 Å². The van der Waals surface area contributed by atoms with Crippen molar-refractivity contribution >= 4 is 12.3 Å². The van der Waals surface area contributed by atoms with Crippen LogP contribution in [0.15, 0.2) is 24.3 Å². The van der Waals surface area contributed by atoms with Gasteiger partial charge in [-0.2, -0.15) is 0 Å². The van der Waals surface area contributed by atoms with Crippen LogP contribution in [-0.2, 0) is 42.7 Å². The first-order valence-corrected chi connectivity index (χ1v) is 21.2. The molecular weight excluding hydrogens is 752 g/mol. The van der Waals surface area contributed by atoms with E-state index in [0.717, 1.165) is 19.1 Å². The van der Waals surface area contributed by atoms with Crippen LogP contribution < -0.4 is 0 Å². The minimum Gasteiger partial charge on any atom is -0.462 e. The summed E-state index contributed by atoms with van der Waals surface area (Å²) in [6.45, 7) is 12.6. The van der Waals surface area contributed by atoms with Crippen molar-refractivity contribution < 1.29 is 63.2 Å². The highest BCUT2D eigenvalue weighted by Crippen LogP contribution is 2.38. The molecule has 0 saturated carbocycles. The number of cyclic esters (lactones) is 1. The molecule has 58 heavy (non-hydrogen) atoms. The van der Waals surface area contributed by atoms with Crippen molar-refractivity contribution in [2.24, 2.45) is 17.8 Å². The van der Waals surface area contributed by atoms with E-state index in [2.05, 4.69) is 18.7 Å². The number of allylic oxidation sites excluding steroid dienone is 2. The molecule has 4 unspecified atom stereocenters. The van der Waals surface area contributed by atoms with Gasteiger partial charge < -0.3 is 68.2 Å². The smallest absolute Gasteiger partial charge is 0.308 e. The number of nitrogens with zero attached hydrogens (tertiary/aromatic N) is 2. The number of carbonyl (C=O) groups excluding carboxylic acids is 2. The van der Waals surface area contributed by atoms with Crippen LogP contribution in [-0.4, -0.2) is 168 Å². The summed E-state index contributed by atoms with van der Waals surface area (Å²) in [5.41, 5.74) is -1.46. The molecule has 0 aromatic heterocycles. The molecular formula is C43H74N2O13. The maximum Gasteiger partial charge on any atom is 0.308 e. The number of ether oxygens (including phenoxy) is 7. The summed E-state index contributed by atoms with van der Waals surface area (Å²) in [7, 11) is 7.69. The molecule has 0 bridgehead atoms. The fourth-order valence-corrected chi connectivity index (χ4v) is 9.09. The SMILES string of the molecule is C[C@@H]1[C@@H](OC2O[C@H](C)[C@@H](OC3C[C@@](C)(O)[C@@H](O)[C@H](C)O3)[C@H](N(C)C)[C@H]2O)[C@@H](CC=O)C[C@@H](C)C(OC2CC[C@@H](N(C)C)[C@@H](C)O2)C=CC=CC[C@@H](C)OC(=O)C[C@H]1O. The first kappa shape index (κ1) is 48.8. The summed E-state index contributed by atoms with van der Waals surface area (Å²) in [6, 6.07) is -0.410. The Kier molecular flexibility index (Phi) is 18.3. The molecule has 0 aromatic carbocycles. The maximum absolute atomic E-state index is 13.0. The molecule has 15 heteroatoms. The monoisotopic (exact) mass is 827 g/mol. The third kappa shape index (κ3) is 12.8. The van der Waals surface area contributed by atoms with Crippen LogP contribution in [0.4, 0.5) is 0 Å². The van der Waals surface area contributed by atoms with Crippen molar-refractivity contribution in [3.8, 4) is 0 Å². The Morgan fingerprint density at radius 1 is 0.862 bits per heavy atom. The van der Waals surface area contributed by atoms with Crippen molar-refractivity contribution in [2.75, 3.05) is 28.2 Å². The Hall–Kier alpha value is -1.86. The van der Waals surface area contributed by atoms with E-state index in [-0.39, 0.29) is 37.3 Å². The van der Waals surface area contributed by atoms with Gasteiger partial charge in [0.15, 0.2) is 18.9 Å². The summed E-state index contributed by atoms with van der Waals surface area (Å²) >= 11 is 0. The van der Waals surface area contributed by atoms with Crippen LogP contribution in [0.5, 0.6) is 0 Å². The summed E-state index contributed by atoms with van der Waals surface area (Å²) in [5, 5.41) is 44.9. The van der Waals surface area contributed by atoms with E-state index in [9.17, 15) is 30.0 Å². The molecule has 15 nitrogen and oxygen atoms in total. The normalized spacial score (nSPS) is 45.3. The lowest BCUT2D eigenvalue weighted by Crippen LogP contribution is -2.65. The second-order valence-electron chi connectivity index (χ2n) is 18.0. The highest BCUT2D eigenvalue weighted by Gasteiger charge is 2.51. The Morgan fingerprint density at radius 2 is 1.55 bits per heavy atom. The van der Waals surface area contributed by atoms with Gasteiger partial charge in [0.25, 0.3) is 0 Å². The topological polar surface area (TPSA) is 186 Å². The fourth-order valence-electron chi connectivity index (χ4n) is 9.09. The molecule has 3 saturated heterocycles. The first-order valence-electron chi connectivity index (χ1n) is 21.2. The van der Waals surface area contributed by atoms with Gasteiger partial charge in [-0.15, -0.1) is 0 Å². The zero-order valence-corrected chi connectivity index (χ0v) is 36.6. The van der Waals surface area contributed by atoms with Gasteiger partial charge in [-0.25, -0.2) is 0 Å². The van der Waals surface area contributed by atoms with Crippen molar-refractivity contribution in [2.45, 2.75) is 191 Å². The van der Waals surface area contributed by atoms with Gasteiger partial charge in [-0.1, -0.05) is 38.2 Å². The molecule has 0 radical (unpaired) electrons. The van der Waals surface area contributed by atoms with Gasteiger partial charge in [-0.05, 0) is 93.9 Å². The summed E-state index contributed by atoms with van der Waals surface area (Å²) < 4.78 is 44.1. The molecule has 4 aliphatic rings. The van der Waals surface area contributed by atoms with Crippen LogP contribution in [0, 0.1) is 17.8 Å². The lowest BCUT2D eigenvalue weighted by molar-refractivity contribution is -0.342. The largest absolute Gasteiger partial charge is 0.462 e. The second-order valence-corrected chi connectivity index (χ2v) is 18.0. The van der Waals surface area contributed by atoms with Crippen LogP contribution in [0.3, 0.4) is 0 Å².